The third-order valence-electron chi connectivity index (χ3n) is 3.53. The summed E-state index contributed by atoms with van der Waals surface area (Å²) in [4.78, 5) is 12.1. The van der Waals surface area contributed by atoms with E-state index in [4.69, 9.17) is 14.2 Å². The van der Waals surface area contributed by atoms with Crippen molar-refractivity contribution in [3.8, 4) is 17.2 Å². The summed E-state index contributed by atoms with van der Waals surface area (Å²) in [5.74, 6) is 2.02. The molecule has 0 heterocycles. The number of anilines is 1. The Morgan fingerprint density at radius 3 is 2.42 bits per heavy atom. The first-order valence-electron chi connectivity index (χ1n) is 7.56. The molecule has 0 aliphatic carbocycles. The van der Waals surface area contributed by atoms with E-state index in [1.807, 2.05) is 24.3 Å². The lowest BCUT2D eigenvalue weighted by atomic mass is 10.1. The van der Waals surface area contributed by atoms with E-state index in [0.29, 0.717) is 30.2 Å². The second kappa shape index (κ2) is 8.67. The SMILES string of the molecule is COc1ccc(OC)c(NC(=O)NCCc2ccccc2OC)c1. The lowest BCUT2D eigenvalue weighted by Gasteiger charge is -2.13. The van der Waals surface area contributed by atoms with E-state index >= 15 is 0 Å². The molecule has 24 heavy (non-hydrogen) atoms. The van der Waals surface area contributed by atoms with Crippen LogP contribution >= 0.6 is 0 Å². The van der Waals surface area contributed by atoms with Gasteiger partial charge in [0, 0.05) is 12.6 Å². The molecule has 2 N–H and O–H groups in total. The summed E-state index contributed by atoms with van der Waals surface area (Å²) in [5.41, 5.74) is 1.59. The number of benzene rings is 2. The zero-order chi connectivity index (χ0) is 17.4. The molecule has 2 amide bonds. The highest BCUT2D eigenvalue weighted by molar-refractivity contribution is 5.91. The summed E-state index contributed by atoms with van der Waals surface area (Å²) >= 11 is 0. The largest absolute Gasteiger partial charge is 0.497 e. The van der Waals surface area contributed by atoms with Crippen LogP contribution < -0.4 is 24.8 Å². The molecule has 0 spiro atoms. The van der Waals surface area contributed by atoms with Crippen molar-refractivity contribution >= 4 is 11.7 Å². The molecule has 0 unspecified atom stereocenters. The maximum Gasteiger partial charge on any atom is 0.319 e. The smallest absolute Gasteiger partial charge is 0.319 e. The van der Waals surface area contributed by atoms with Crippen LogP contribution in [0.25, 0.3) is 0 Å². The molecule has 0 saturated carbocycles. The van der Waals surface area contributed by atoms with Crippen LogP contribution in [0.2, 0.25) is 0 Å². The predicted octanol–water partition coefficient (Wildman–Crippen LogP) is 3.08. The highest BCUT2D eigenvalue weighted by Gasteiger charge is 2.09. The van der Waals surface area contributed by atoms with E-state index in [0.717, 1.165) is 11.3 Å². The van der Waals surface area contributed by atoms with Gasteiger partial charge in [0.05, 0.1) is 27.0 Å². The van der Waals surface area contributed by atoms with Crippen molar-refractivity contribution in [3.05, 3.63) is 48.0 Å². The van der Waals surface area contributed by atoms with Crippen LogP contribution in [-0.4, -0.2) is 33.9 Å². The summed E-state index contributed by atoms with van der Waals surface area (Å²) in [7, 11) is 4.75. The average molecular weight is 330 g/mol. The van der Waals surface area contributed by atoms with Crippen LogP contribution in [0.5, 0.6) is 17.2 Å². The second-order valence-corrected chi connectivity index (χ2v) is 5.01. The van der Waals surface area contributed by atoms with Gasteiger partial charge in [-0.25, -0.2) is 4.79 Å². The van der Waals surface area contributed by atoms with Crippen molar-refractivity contribution in [2.24, 2.45) is 0 Å². The van der Waals surface area contributed by atoms with Crippen molar-refractivity contribution in [1.82, 2.24) is 5.32 Å². The zero-order valence-corrected chi connectivity index (χ0v) is 14.1. The van der Waals surface area contributed by atoms with Crippen LogP contribution in [-0.2, 0) is 6.42 Å². The third-order valence-corrected chi connectivity index (χ3v) is 3.53. The van der Waals surface area contributed by atoms with Gasteiger partial charge in [0.2, 0.25) is 0 Å². The molecule has 2 aromatic rings. The summed E-state index contributed by atoms with van der Waals surface area (Å²) in [6.45, 7) is 0.485. The number of methoxy groups -OCH3 is 3. The molecule has 0 aromatic heterocycles. The molecule has 0 fully saturated rings. The number of carbonyl (C=O) groups is 1. The van der Waals surface area contributed by atoms with E-state index in [2.05, 4.69) is 10.6 Å². The average Bonchev–Trinajstić information content (AvgIpc) is 2.62. The number of hydrogen-bond donors (Lipinski definition) is 2. The molecule has 0 bridgehead atoms. The maximum atomic E-state index is 12.1. The first-order valence-corrected chi connectivity index (χ1v) is 7.56. The maximum absolute atomic E-state index is 12.1. The van der Waals surface area contributed by atoms with E-state index in [9.17, 15) is 4.79 Å². The first-order chi connectivity index (χ1) is 11.7. The monoisotopic (exact) mass is 330 g/mol. The topological polar surface area (TPSA) is 68.8 Å². The van der Waals surface area contributed by atoms with Crippen molar-refractivity contribution in [2.75, 3.05) is 33.2 Å². The van der Waals surface area contributed by atoms with Gasteiger partial charge in [0.25, 0.3) is 0 Å². The normalized spacial score (nSPS) is 9.96. The van der Waals surface area contributed by atoms with Crippen molar-refractivity contribution in [1.29, 1.82) is 0 Å². The first kappa shape index (κ1) is 17.5. The van der Waals surface area contributed by atoms with Gasteiger partial charge in [-0.15, -0.1) is 0 Å². The van der Waals surface area contributed by atoms with Gasteiger partial charge in [-0.3, -0.25) is 0 Å². The highest BCUT2D eigenvalue weighted by Crippen LogP contribution is 2.28. The summed E-state index contributed by atoms with van der Waals surface area (Å²) in [6.07, 6.45) is 0.673. The lowest BCUT2D eigenvalue weighted by Crippen LogP contribution is -2.30. The Kier molecular flexibility index (Phi) is 6.31. The molecular weight excluding hydrogens is 308 g/mol. The Hall–Kier alpha value is -2.89. The number of amides is 2. The van der Waals surface area contributed by atoms with Gasteiger partial charge >= 0.3 is 6.03 Å². The van der Waals surface area contributed by atoms with Gasteiger partial charge < -0.3 is 24.8 Å². The van der Waals surface area contributed by atoms with E-state index in [1.165, 1.54) is 0 Å². The molecule has 2 aromatic carbocycles. The number of para-hydroxylation sites is 1. The van der Waals surface area contributed by atoms with Gasteiger partial charge in [0.1, 0.15) is 17.2 Å². The summed E-state index contributed by atoms with van der Waals surface area (Å²) < 4.78 is 15.7. The number of carbonyl (C=O) groups excluding carboxylic acids is 1. The molecule has 6 nitrogen and oxygen atoms in total. The lowest BCUT2D eigenvalue weighted by molar-refractivity contribution is 0.252. The Bertz CT molecular complexity index is 688. The fourth-order valence-electron chi connectivity index (χ4n) is 2.30. The Balaban J connectivity index is 1.92. The summed E-state index contributed by atoms with van der Waals surface area (Å²) in [6, 6.07) is 12.6. The Morgan fingerprint density at radius 2 is 1.71 bits per heavy atom. The number of rotatable bonds is 7. The molecule has 0 aliphatic rings. The minimum Gasteiger partial charge on any atom is -0.497 e. The van der Waals surface area contributed by atoms with Crippen LogP contribution in [0.4, 0.5) is 10.5 Å². The molecule has 2 rings (SSSR count). The zero-order valence-electron chi connectivity index (χ0n) is 14.1. The van der Waals surface area contributed by atoms with Crippen molar-refractivity contribution in [3.63, 3.8) is 0 Å². The van der Waals surface area contributed by atoms with Crippen molar-refractivity contribution < 1.29 is 19.0 Å². The highest BCUT2D eigenvalue weighted by atomic mass is 16.5. The van der Waals surface area contributed by atoms with Gasteiger partial charge in [-0.1, -0.05) is 18.2 Å². The van der Waals surface area contributed by atoms with Gasteiger partial charge in [-0.2, -0.15) is 0 Å². The number of ether oxygens (including phenoxy) is 3. The van der Waals surface area contributed by atoms with Crippen LogP contribution in [0.15, 0.2) is 42.5 Å². The fourth-order valence-corrected chi connectivity index (χ4v) is 2.30. The van der Waals surface area contributed by atoms with Crippen LogP contribution in [0, 0.1) is 0 Å². The molecule has 0 atom stereocenters. The molecule has 0 saturated heterocycles. The Morgan fingerprint density at radius 1 is 0.958 bits per heavy atom. The van der Waals surface area contributed by atoms with Crippen LogP contribution in [0.3, 0.4) is 0 Å². The van der Waals surface area contributed by atoms with E-state index in [-0.39, 0.29) is 6.03 Å². The van der Waals surface area contributed by atoms with E-state index in [1.54, 1.807) is 39.5 Å². The summed E-state index contributed by atoms with van der Waals surface area (Å²) in [5, 5.41) is 5.58. The number of hydrogen-bond acceptors (Lipinski definition) is 4. The minimum atomic E-state index is -0.309. The van der Waals surface area contributed by atoms with Gasteiger partial charge in [-0.05, 0) is 30.2 Å². The quantitative estimate of drug-likeness (QED) is 0.818. The third kappa shape index (κ3) is 4.55. The molecule has 0 radical (unpaired) electrons. The Labute approximate surface area is 141 Å². The predicted molar refractivity (Wildman–Crippen MR) is 93.3 cm³/mol. The number of nitrogens with one attached hydrogen (secondary N) is 2. The molecule has 0 aliphatic heterocycles. The molecular formula is C18H22N2O4. The minimum absolute atomic E-state index is 0.309. The second-order valence-electron chi connectivity index (χ2n) is 5.01. The fraction of sp³-hybridized carbons (Fsp3) is 0.278. The molecule has 128 valence electrons. The van der Waals surface area contributed by atoms with Crippen LogP contribution in [0.1, 0.15) is 5.56 Å². The standard InChI is InChI=1S/C18H22N2O4/c1-22-14-8-9-17(24-3)15(12-14)20-18(21)19-11-10-13-6-4-5-7-16(13)23-2/h4-9,12H,10-11H2,1-3H3,(H2,19,20,21). The van der Waals surface area contributed by atoms with E-state index < -0.39 is 0 Å². The van der Waals surface area contributed by atoms with Gasteiger partial charge in [0.15, 0.2) is 0 Å². The van der Waals surface area contributed by atoms with Crippen molar-refractivity contribution in [2.45, 2.75) is 6.42 Å². The molecule has 6 heteroatoms. The number of urea groups is 1.